The van der Waals surface area contributed by atoms with E-state index in [0.29, 0.717) is 0 Å². The first-order valence-corrected chi connectivity index (χ1v) is 6.46. The summed E-state index contributed by atoms with van der Waals surface area (Å²) >= 11 is 0. The van der Waals surface area contributed by atoms with Crippen molar-refractivity contribution in [1.29, 1.82) is 0 Å². The maximum atomic E-state index is 2.34. The zero-order chi connectivity index (χ0) is 11.2. The number of hydrogen-bond acceptors (Lipinski definition) is 0. The summed E-state index contributed by atoms with van der Waals surface area (Å²) in [5, 5.41) is 0. The third-order valence-electron chi connectivity index (χ3n) is 4.71. The second-order valence-electron chi connectivity index (χ2n) is 5.83. The fraction of sp³-hybridized carbons (Fsp3) is 0. The van der Waals surface area contributed by atoms with Crippen LogP contribution in [0.5, 0.6) is 0 Å². The van der Waals surface area contributed by atoms with E-state index in [-0.39, 0.29) is 0 Å². The summed E-state index contributed by atoms with van der Waals surface area (Å²) in [5.41, 5.74) is 18.0. The Bertz CT molecular complexity index is 578. The molecule has 0 bridgehead atoms. The molecule has 0 saturated carbocycles. The van der Waals surface area contributed by atoms with Crippen molar-refractivity contribution < 1.29 is 0 Å². The van der Waals surface area contributed by atoms with Crippen LogP contribution in [0, 0.1) is 0 Å². The van der Waals surface area contributed by atoms with Gasteiger partial charge in [0, 0.05) is 0 Å². The van der Waals surface area contributed by atoms with Crippen molar-refractivity contribution in [2.45, 2.75) is 0 Å². The monoisotopic (exact) mass is 210 g/mol. The lowest BCUT2D eigenvalue weighted by Crippen LogP contribution is -1.68. The Hall–Kier alpha value is -1.17. The van der Waals surface area contributed by atoms with Gasteiger partial charge in [-0.05, 0) is 0 Å². The third-order valence-corrected chi connectivity index (χ3v) is 4.71. The van der Waals surface area contributed by atoms with E-state index in [1.165, 1.54) is 65.7 Å². The van der Waals surface area contributed by atoms with Gasteiger partial charge in [0.25, 0.3) is 0 Å². The van der Waals surface area contributed by atoms with Crippen LogP contribution in [-0.4, -0.2) is 43.7 Å². The fourth-order valence-electron chi connectivity index (χ4n) is 3.32. The standard InChI is InChI=1S/C12B6/c13-1-2(13)4-6(15-4)8-10(17-8)12-11(18-12)9-7(16-9)5-3(1)14-5. The lowest BCUT2D eigenvalue weighted by molar-refractivity contribution is 1.81. The molecule has 0 nitrogen and oxygen atoms in total. The van der Waals surface area contributed by atoms with Gasteiger partial charge in [-0.3, -0.25) is 0 Å². The van der Waals surface area contributed by atoms with Crippen LogP contribution < -0.4 is 0 Å². The van der Waals surface area contributed by atoms with E-state index in [4.69, 9.17) is 0 Å². The van der Waals surface area contributed by atoms with Gasteiger partial charge in [-0.2, -0.15) is 0 Å². The minimum atomic E-state index is 1.50. The van der Waals surface area contributed by atoms with Crippen LogP contribution in [0.4, 0.5) is 0 Å². The van der Waals surface area contributed by atoms with Crippen molar-refractivity contribution >= 4 is 43.7 Å². The molecular weight excluding hydrogens is 209 g/mol. The summed E-state index contributed by atoms with van der Waals surface area (Å²) in [6, 6.07) is 0. The van der Waals surface area contributed by atoms with E-state index in [1.807, 2.05) is 0 Å². The highest BCUT2D eigenvalue weighted by Crippen LogP contribution is 2.56. The summed E-state index contributed by atoms with van der Waals surface area (Å²) < 4.78 is 0. The first-order chi connectivity index (χ1) is 8.90. The van der Waals surface area contributed by atoms with Gasteiger partial charge in [-0.15, -0.1) is 0 Å². The number of hydrogen-bond donors (Lipinski definition) is 0. The molecule has 0 atom stereocenters. The van der Waals surface area contributed by atoms with Crippen molar-refractivity contribution in [3.8, 4) is 0 Å². The van der Waals surface area contributed by atoms with Crippen molar-refractivity contribution in [3.63, 3.8) is 0 Å². The highest BCUT2D eigenvalue weighted by molar-refractivity contribution is 6.94. The van der Waals surface area contributed by atoms with Gasteiger partial charge in [0.05, 0.1) is 0 Å². The molecule has 6 aliphatic heterocycles. The Morgan fingerprint density at radius 3 is 0.444 bits per heavy atom. The Kier molecular flexibility index (Phi) is 0.939. The molecule has 0 saturated heterocycles. The molecule has 7 aliphatic rings. The lowest BCUT2D eigenvalue weighted by atomic mass is 9.78. The normalized spacial score (nSPS) is 29.3. The van der Waals surface area contributed by atoms with E-state index in [9.17, 15) is 0 Å². The van der Waals surface area contributed by atoms with Gasteiger partial charge in [0.15, 0.2) is 43.7 Å². The van der Waals surface area contributed by atoms with Gasteiger partial charge in [-0.25, -0.2) is 0 Å². The Balaban J connectivity index is 1.51. The molecule has 1 aliphatic carbocycles. The number of allylic oxidation sites excluding steroid dienone is 12. The van der Waals surface area contributed by atoms with Crippen LogP contribution in [0.3, 0.4) is 0 Å². The average Bonchev–Trinajstić information content (AvgIpc) is 3.18. The third kappa shape index (κ3) is 0.820. The van der Waals surface area contributed by atoms with Gasteiger partial charge < -0.3 is 0 Å². The molecule has 0 amide bonds. The zero-order valence-corrected chi connectivity index (χ0v) is 9.46. The second kappa shape index (κ2) is 2.09. The van der Waals surface area contributed by atoms with E-state index in [2.05, 4.69) is 43.7 Å². The molecule has 0 aromatic heterocycles. The highest BCUT2D eigenvalue weighted by Gasteiger charge is 2.50. The van der Waals surface area contributed by atoms with E-state index < -0.39 is 0 Å². The Morgan fingerprint density at radius 2 is 0.333 bits per heavy atom. The summed E-state index contributed by atoms with van der Waals surface area (Å²) in [4.78, 5) is 0. The quantitative estimate of drug-likeness (QED) is 0.475. The average molecular weight is 209 g/mol. The van der Waals surface area contributed by atoms with E-state index in [1.54, 1.807) is 0 Å². The van der Waals surface area contributed by atoms with Gasteiger partial charge in [-0.1, -0.05) is 65.7 Å². The van der Waals surface area contributed by atoms with Crippen molar-refractivity contribution in [2.75, 3.05) is 0 Å². The first kappa shape index (κ1) is 8.09. The molecule has 6 radical (unpaired) electrons. The topological polar surface area (TPSA) is 0 Å². The summed E-state index contributed by atoms with van der Waals surface area (Å²) in [6.07, 6.45) is 0. The van der Waals surface area contributed by atoms with Crippen LogP contribution in [0.2, 0.25) is 0 Å². The molecule has 0 aromatic rings. The molecule has 18 heavy (non-hydrogen) atoms. The predicted molar refractivity (Wildman–Crippen MR) is 76.7 cm³/mol. The molecule has 6 heteroatoms. The molecule has 6 heterocycles. The first-order valence-electron chi connectivity index (χ1n) is 6.46. The Morgan fingerprint density at radius 1 is 0.222 bits per heavy atom. The maximum Gasteiger partial charge on any atom is 0.188 e. The van der Waals surface area contributed by atoms with Gasteiger partial charge >= 0.3 is 0 Å². The molecule has 0 aromatic carbocycles. The lowest BCUT2D eigenvalue weighted by Gasteiger charge is -1.80. The van der Waals surface area contributed by atoms with E-state index >= 15 is 0 Å². The number of fused-ring (bicyclic) bond motifs is 6. The SMILES string of the molecule is [B]1C2=C1C1=C([B]1)C1=C([B]1)C1=C([B]1)C1=C([B]1)C1=C2[B]1. The van der Waals surface area contributed by atoms with Crippen molar-refractivity contribution in [3.05, 3.63) is 65.7 Å². The minimum Gasteiger partial charge on any atom is -0.0939 e. The molecule has 0 spiro atoms. The van der Waals surface area contributed by atoms with Crippen LogP contribution in [0.15, 0.2) is 65.7 Å². The van der Waals surface area contributed by atoms with Crippen LogP contribution in [-0.2, 0) is 0 Å². The molecule has 0 N–H and O–H groups in total. The maximum absolute atomic E-state index is 2.34. The van der Waals surface area contributed by atoms with E-state index in [0.717, 1.165) is 0 Å². The fourth-order valence-corrected chi connectivity index (χ4v) is 3.32. The van der Waals surface area contributed by atoms with Gasteiger partial charge in [0.2, 0.25) is 0 Å². The Labute approximate surface area is 109 Å². The van der Waals surface area contributed by atoms with Crippen molar-refractivity contribution in [2.24, 2.45) is 0 Å². The molecular formula is C12B6. The van der Waals surface area contributed by atoms with Gasteiger partial charge in [0.1, 0.15) is 0 Å². The zero-order valence-electron chi connectivity index (χ0n) is 9.46. The minimum absolute atomic E-state index is 1.50. The van der Waals surface area contributed by atoms with Crippen LogP contribution in [0.25, 0.3) is 0 Å². The molecule has 7 rings (SSSR count). The largest absolute Gasteiger partial charge is 0.188 e. The summed E-state index contributed by atoms with van der Waals surface area (Å²) in [7, 11) is 14.0. The number of rotatable bonds is 0. The second-order valence-corrected chi connectivity index (χ2v) is 5.83. The van der Waals surface area contributed by atoms with Crippen LogP contribution in [0.1, 0.15) is 0 Å². The predicted octanol–water partition coefficient (Wildman–Crippen LogP) is -0.424. The smallest absolute Gasteiger partial charge is 0.0939 e. The molecule has 66 valence electrons. The summed E-state index contributed by atoms with van der Waals surface area (Å²) in [5.74, 6) is 0. The summed E-state index contributed by atoms with van der Waals surface area (Å²) in [6.45, 7) is 0. The molecule has 0 fully saturated rings. The highest BCUT2D eigenvalue weighted by atomic mass is 14.3. The van der Waals surface area contributed by atoms with Crippen LogP contribution >= 0.6 is 0 Å². The molecule has 0 unspecified atom stereocenters. The van der Waals surface area contributed by atoms with Crippen molar-refractivity contribution in [1.82, 2.24) is 0 Å².